The van der Waals surface area contributed by atoms with E-state index in [1.807, 2.05) is 6.92 Å². The van der Waals surface area contributed by atoms with Crippen molar-refractivity contribution in [1.82, 2.24) is 10.6 Å². The third-order valence-corrected chi connectivity index (χ3v) is 6.40. The largest absolute Gasteiger partial charge is 0.356 e. The molecule has 1 aliphatic carbocycles. The molecule has 5 nitrogen and oxygen atoms in total. The van der Waals surface area contributed by atoms with Gasteiger partial charge in [-0.25, -0.2) is 8.42 Å². The van der Waals surface area contributed by atoms with Crippen LogP contribution in [0.3, 0.4) is 0 Å². The van der Waals surface area contributed by atoms with Gasteiger partial charge in [-0.1, -0.05) is 34.5 Å². The van der Waals surface area contributed by atoms with Crippen molar-refractivity contribution in [3.05, 3.63) is 34.3 Å². The summed E-state index contributed by atoms with van der Waals surface area (Å²) in [6, 6.07) is 8.61. The second kappa shape index (κ2) is 10.3. The highest BCUT2D eigenvalue weighted by molar-refractivity contribution is 14.0. The second-order valence-electron chi connectivity index (χ2n) is 7.03. The van der Waals surface area contributed by atoms with Crippen molar-refractivity contribution < 1.29 is 8.42 Å². The Bertz CT molecular complexity index is 704. The van der Waals surface area contributed by atoms with Crippen LogP contribution in [0.25, 0.3) is 0 Å². The van der Waals surface area contributed by atoms with E-state index in [4.69, 9.17) is 0 Å². The standard InChI is InChI=1S/C18H28BrN3O2S.HI/c1-14(9-12-25(3,23)24)22-17(20-2)21-13-18(10-4-11-18)15-5-7-16(19)8-6-15;/h5-8,14H,4,9-13H2,1-3H3,(H2,20,21,22);1H. The summed E-state index contributed by atoms with van der Waals surface area (Å²) in [5.74, 6) is 0.908. The lowest BCUT2D eigenvalue weighted by Gasteiger charge is -2.43. The van der Waals surface area contributed by atoms with Crippen LogP contribution >= 0.6 is 39.9 Å². The Hall–Kier alpha value is -0.350. The molecule has 0 aromatic heterocycles. The first-order valence-electron chi connectivity index (χ1n) is 8.65. The molecule has 1 fully saturated rings. The molecule has 2 N–H and O–H groups in total. The lowest BCUT2D eigenvalue weighted by molar-refractivity contribution is 0.243. The van der Waals surface area contributed by atoms with Gasteiger partial charge in [-0.15, -0.1) is 24.0 Å². The molecule has 1 aromatic rings. The molecule has 0 amide bonds. The zero-order valence-corrected chi connectivity index (χ0v) is 20.3. The molecule has 0 bridgehead atoms. The van der Waals surface area contributed by atoms with Crippen molar-refractivity contribution in [2.75, 3.05) is 25.6 Å². The number of nitrogens with zero attached hydrogens (tertiary/aromatic N) is 1. The van der Waals surface area contributed by atoms with Crippen LogP contribution in [-0.2, 0) is 15.3 Å². The van der Waals surface area contributed by atoms with Crippen molar-refractivity contribution in [3.63, 3.8) is 0 Å². The van der Waals surface area contributed by atoms with E-state index in [2.05, 4.69) is 55.8 Å². The molecule has 1 saturated carbocycles. The number of rotatable bonds is 7. The Labute approximate surface area is 182 Å². The van der Waals surface area contributed by atoms with E-state index >= 15 is 0 Å². The van der Waals surface area contributed by atoms with E-state index in [1.165, 1.54) is 31.1 Å². The van der Waals surface area contributed by atoms with Gasteiger partial charge in [0, 0.05) is 35.8 Å². The summed E-state index contributed by atoms with van der Waals surface area (Å²) in [6.07, 6.45) is 5.42. The molecule has 0 saturated heterocycles. The predicted molar refractivity (Wildman–Crippen MR) is 123 cm³/mol. The van der Waals surface area contributed by atoms with Gasteiger partial charge >= 0.3 is 0 Å². The number of nitrogens with one attached hydrogen (secondary N) is 2. The van der Waals surface area contributed by atoms with Gasteiger partial charge in [-0.3, -0.25) is 4.99 Å². The van der Waals surface area contributed by atoms with Crippen LogP contribution in [0.2, 0.25) is 0 Å². The minimum absolute atomic E-state index is 0. The molecular weight excluding hydrogens is 529 g/mol. The van der Waals surface area contributed by atoms with E-state index in [1.54, 1.807) is 7.05 Å². The molecule has 1 unspecified atom stereocenters. The average Bonchev–Trinajstić information content (AvgIpc) is 2.51. The maximum atomic E-state index is 11.3. The number of halogens is 2. The third kappa shape index (κ3) is 6.99. The summed E-state index contributed by atoms with van der Waals surface area (Å²) in [6.45, 7) is 2.80. The molecule has 26 heavy (non-hydrogen) atoms. The molecule has 0 aliphatic heterocycles. The fourth-order valence-corrected chi connectivity index (χ4v) is 4.16. The number of aliphatic imine (C=N–C) groups is 1. The molecule has 2 rings (SSSR count). The lowest BCUT2D eigenvalue weighted by atomic mass is 9.64. The first-order chi connectivity index (χ1) is 11.7. The van der Waals surface area contributed by atoms with Crippen LogP contribution in [-0.4, -0.2) is 46.0 Å². The van der Waals surface area contributed by atoms with Crippen LogP contribution in [0, 0.1) is 0 Å². The highest BCUT2D eigenvalue weighted by Gasteiger charge is 2.38. The summed E-state index contributed by atoms with van der Waals surface area (Å²) in [7, 11) is -1.19. The van der Waals surface area contributed by atoms with Crippen LogP contribution in [0.5, 0.6) is 0 Å². The molecule has 1 aromatic carbocycles. The summed E-state index contributed by atoms with van der Waals surface area (Å²) < 4.78 is 23.7. The van der Waals surface area contributed by atoms with E-state index < -0.39 is 9.84 Å². The van der Waals surface area contributed by atoms with Gasteiger partial charge < -0.3 is 10.6 Å². The minimum atomic E-state index is -2.94. The van der Waals surface area contributed by atoms with Gasteiger partial charge in [0.1, 0.15) is 9.84 Å². The first-order valence-corrected chi connectivity index (χ1v) is 11.5. The Morgan fingerprint density at radius 3 is 2.38 bits per heavy atom. The average molecular weight is 558 g/mol. The maximum absolute atomic E-state index is 11.3. The molecular formula is C18H29BrIN3O2S. The summed E-state index contributed by atoms with van der Waals surface area (Å²) >= 11 is 3.49. The topological polar surface area (TPSA) is 70.6 Å². The van der Waals surface area contributed by atoms with E-state index in [0.717, 1.165) is 17.0 Å². The highest BCUT2D eigenvalue weighted by Crippen LogP contribution is 2.43. The summed E-state index contributed by atoms with van der Waals surface area (Å²) in [4.78, 5) is 4.28. The zero-order valence-electron chi connectivity index (χ0n) is 15.6. The lowest BCUT2D eigenvalue weighted by Crippen LogP contribution is -2.50. The Morgan fingerprint density at radius 1 is 1.31 bits per heavy atom. The highest BCUT2D eigenvalue weighted by atomic mass is 127. The molecule has 8 heteroatoms. The fourth-order valence-electron chi connectivity index (χ4n) is 3.12. The van der Waals surface area contributed by atoms with Crippen LogP contribution in [0.4, 0.5) is 0 Å². The second-order valence-corrected chi connectivity index (χ2v) is 10.2. The Kier molecular flexibility index (Phi) is 9.35. The van der Waals surface area contributed by atoms with Crippen LogP contribution in [0.15, 0.2) is 33.7 Å². The number of guanidine groups is 1. The number of hydrogen-bond donors (Lipinski definition) is 2. The molecule has 0 radical (unpaired) electrons. The Balaban J connectivity index is 0.00000338. The number of benzene rings is 1. The molecule has 1 atom stereocenters. The van der Waals surface area contributed by atoms with Crippen molar-refractivity contribution in [2.45, 2.75) is 44.1 Å². The number of sulfone groups is 1. The van der Waals surface area contributed by atoms with Crippen LogP contribution in [0.1, 0.15) is 38.2 Å². The van der Waals surface area contributed by atoms with E-state index in [0.29, 0.717) is 6.42 Å². The van der Waals surface area contributed by atoms with Gasteiger partial charge in [0.15, 0.2) is 5.96 Å². The van der Waals surface area contributed by atoms with Gasteiger partial charge in [-0.05, 0) is 43.9 Å². The molecule has 1 aliphatic rings. The molecule has 0 spiro atoms. The van der Waals surface area contributed by atoms with Gasteiger partial charge in [0.25, 0.3) is 0 Å². The van der Waals surface area contributed by atoms with Crippen LogP contribution < -0.4 is 10.6 Å². The summed E-state index contributed by atoms with van der Waals surface area (Å²) in [5.41, 5.74) is 1.52. The fraction of sp³-hybridized carbons (Fsp3) is 0.611. The monoisotopic (exact) mass is 557 g/mol. The maximum Gasteiger partial charge on any atom is 0.191 e. The van der Waals surface area contributed by atoms with E-state index in [9.17, 15) is 8.42 Å². The van der Waals surface area contributed by atoms with Crippen molar-refractivity contribution in [3.8, 4) is 0 Å². The molecule has 0 heterocycles. The molecule has 148 valence electrons. The van der Waals surface area contributed by atoms with E-state index in [-0.39, 0.29) is 41.2 Å². The SMILES string of the molecule is CN=C(NCC1(c2ccc(Br)cc2)CCC1)NC(C)CCS(C)(=O)=O.I. The zero-order chi connectivity index (χ0) is 18.5. The smallest absolute Gasteiger partial charge is 0.191 e. The van der Waals surface area contributed by atoms with Gasteiger partial charge in [-0.2, -0.15) is 0 Å². The van der Waals surface area contributed by atoms with Crippen molar-refractivity contribution in [1.29, 1.82) is 0 Å². The van der Waals surface area contributed by atoms with Gasteiger partial charge in [0.2, 0.25) is 0 Å². The normalized spacial score (nSPS) is 17.6. The summed E-state index contributed by atoms with van der Waals surface area (Å²) in [5, 5.41) is 6.72. The first kappa shape index (κ1) is 23.7. The van der Waals surface area contributed by atoms with Crippen molar-refractivity contribution >= 4 is 55.7 Å². The van der Waals surface area contributed by atoms with Crippen molar-refractivity contribution in [2.24, 2.45) is 4.99 Å². The minimum Gasteiger partial charge on any atom is -0.356 e. The third-order valence-electron chi connectivity index (χ3n) is 4.89. The quantitative estimate of drug-likeness (QED) is 0.306. The van der Waals surface area contributed by atoms with Gasteiger partial charge in [0.05, 0.1) is 5.75 Å². The predicted octanol–water partition coefficient (Wildman–Crippen LogP) is 3.48. The Morgan fingerprint density at radius 2 is 1.92 bits per heavy atom. The number of hydrogen-bond acceptors (Lipinski definition) is 3.